The molecule has 0 aliphatic carbocycles. The highest BCUT2D eigenvalue weighted by atomic mass is 79.9. The van der Waals surface area contributed by atoms with Crippen LogP contribution in [0.1, 0.15) is 30.8 Å². The minimum Gasteiger partial charge on any atom is -0.343 e. The summed E-state index contributed by atoms with van der Waals surface area (Å²) in [5, 5.41) is 0. The van der Waals surface area contributed by atoms with E-state index in [1.54, 1.807) is 0 Å². The average Bonchev–Trinajstić information content (AvgIpc) is 2.83. The fraction of sp³-hybridized carbons (Fsp3) is 0.583. The third-order valence-corrected chi connectivity index (χ3v) is 3.57. The third-order valence-electron chi connectivity index (χ3n) is 3.13. The molecular formula is C12H17BrN2O. The van der Waals surface area contributed by atoms with Gasteiger partial charge in [0.2, 0.25) is 0 Å². The van der Waals surface area contributed by atoms with Crippen LogP contribution in [0.2, 0.25) is 0 Å². The first-order chi connectivity index (χ1) is 7.61. The van der Waals surface area contributed by atoms with E-state index in [4.69, 9.17) is 0 Å². The van der Waals surface area contributed by atoms with Crippen LogP contribution in [0.4, 0.5) is 0 Å². The highest BCUT2D eigenvalue weighted by molar-refractivity contribution is 9.10. The Kier molecular flexibility index (Phi) is 3.38. The number of nitrogens with zero attached hydrogens (tertiary/aromatic N) is 2. The molecule has 3 nitrogen and oxygen atoms in total. The monoisotopic (exact) mass is 284 g/mol. The average molecular weight is 285 g/mol. The number of hydrogen-bond acceptors (Lipinski definition) is 1. The van der Waals surface area contributed by atoms with Crippen LogP contribution in [-0.2, 0) is 6.54 Å². The number of carbonyl (C=O) groups excluding carboxylic acids is 1. The number of hydrogen-bond donors (Lipinski definition) is 0. The second kappa shape index (κ2) is 4.62. The first-order valence-corrected chi connectivity index (χ1v) is 6.56. The van der Waals surface area contributed by atoms with Gasteiger partial charge in [-0.15, -0.1) is 0 Å². The van der Waals surface area contributed by atoms with Gasteiger partial charge in [-0.2, -0.15) is 0 Å². The lowest BCUT2D eigenvalue weighted by atomic mass is 10.2. The van der Waals surface area contributed by atoms with Crippen molar-refractivity contribution in [3.05, 3.63) is 22.4 Å². The van der Waals surface area contributed by atoms with Crippen molar-refractivity contribution in [2.45, 2.75) is 26.8 Å². The molecule has 2 heterocycles. The molecule has 2 rings (SSSR count). The van der Waals surface area contributed by atoms with Crippen LogP contribution >= 0.6 is 15.9 Å². The maximum atomic E-state index is 12.3. The summed E-state index contributed by atoms with van der Waals surface area (Å²) in [6.07, 6.45) is 3.09. The van der Waals surface area contributed by atoms with Crippen LogP contribution in [0.3, 0.4) is 0 Å². The predicted molar refractivity (Wildman–Crippen MR) is 67.5 cm³/mol. The van der Waals surface area contributed by atoms with Crippen LogP contribution in [0.15, 0.2) is 16.7 Å². The summed E-state index contributed by atoms with van der Waals surface area (Å²) in [4.78, 5) is 14.2. The lowest BCUT2D eigenvalue weighted by Crippen LogP contribution is -2.30. The smallest absolute Gasteiger partial charge is 0.270 e. The highest BCUT2D eigenvalue weighted by Crippen LogP contribution is 2.21. The molecule has 1 saturated heterocycles. The van der Waals surface area contributed by atoms with Crippen LogP contribution in [0, 0.1) is 5.92 Å². The van der Waals surface area contributed by atoms with E-state index in [9.17, 15) is 4.79 Å². The van der Waals surface area contributed by atoms with Crippen molar-refractivity contribution >= 4 is 21.8 Å². The molecular weight excluding hydrogens is 268 g/mol. The van der Waals surface area contributed by atoms with Gasteiger partial charge in [0.15, 0.2) is 0 Å². The summed E-state index contributed by atoms with van der Waals surface area (Å²) >= 11 is 3.42. The summed E-state index contributed by atoms with van der Waals surface area (Å²) in [5.74, 6) is 0.800. The largest absolute Gasteiger partial charge is 0.343 e. The Morgan fingerprint density at radius 1 is 1.62 bits per heavy atom. The normalized spacial score (nSPS) is 20.4. The molecule has 16 heavy (non-hydrogen) atoms. The molecule has 0 bridgehead atoms. The Labute approximate surface area is 105 Å². The van der Waals surface area contributed by atoms with Gasteiger partial charge in [-0.1, -0.05) is 6.92 Å². The van der Waals surface area contributed by atoms with Crippen LogP contribution in [0.25, 0.3) is 0 Å². The zero-order valence-electron chi connectivity index (χ0n) is 9.74. The van der Waals surface area contributed by atoms with Crippen molar-refractivity contribution < 1.29 is 4.79 Å². The molecule has 1 unspecified atom stereocenters. The summed E-state index contributed by atoms with van der Waals surface area (Å²) in [7, 11) is 0. The van der Waals surface area contributed by atoms with Crippen LogP contribution in [0.5, 0.6) is 0 Å². The van der Waals surface area contributed by atoms with Gasteiger partial charge in [-0.25, -0.2) is 0 Å². The molecule has 0 saturated carbocycles. The molecule has 0 aromatic carbocycles. The third kappa shape index (κ3) is 2.17. The Hall–Kier alpha value is -0.770. The minimum absolute atomic E-state index is 0.164. The van der Waals surface area contributed by atoms with Gasteiger partial charge in [0.25, 0.3) is 5.91 Å². The standard InChI is InChI=1S/C12H17BrN2O/c1-3-14-8-10(13)6-11(14)12(16)15-5-4-9(2)7-15/h6,8-9H,3-5,7H2,1-2H3. The van der Waals surface area contributed by atoms with E-state index in [2.05, 4.69) is 29.8 Å². The van der Waals surface area contributed by atoms with Crippen molar-refractivity contribution in [1.82, 2.24) is 9.47 Å². The predicted octanol–water partition coefficient (Wildman–Crippen LogP) is 2.75. The number of carbonyl (C=O) groups is 1. The number of aromatic nitrogens is 1. The second-order valence-corrected chi connectivity index (χ2v) is 5.39. The molecule has 0 spiro atoms. The molecule has 1 aromatic heterocycles. The summed E-state index contributed by atoms with van der Waals surface area (Å²) < 4.78 is 2.97. The number of rotatable bonds is 2. The fourth-order valence-electron chi connectivity index (χ4n) is 2.20. The Bertz CT molecular complexity index is 400. The van der Waals surface area contributed by atoms with E-state index in [1.165, 1.54) is 0 Å². The first kappa shape index (κ1) is 11.7. The van der Waals surface area contributed by atoms with E-state index < -0.39 is 0 Å². The Balaban J connectivity index is 2.20. The topological polar surface area (TPSA) is 25.2 Å². The Morgan fingerprint density at radius 2 is 2.38 bits per heavy atom. The van der Waals surface area contributed by atoms with Crippen LogP contribution < -0.4 is 0 Å². The van der Waals surface area contributed by atoms with Gasteiger partial charge in [0, 0.05) is 30.3 Å². The molecule has 88 valence electrons. The van der Waals surface area contributed by atoms with Gasteiger partial charge in [0.1, 0.15) is 5.69 Å². The molecule has 1 atom stereocenters. The second-order valence-electron chi connectivity index (χ2n) is 4.47. The van der Waals surface area contributed by atoms with E-state index in [-0.39, 0.29) is 5.91 Å². The quantitative estimate of drug-likeness (QED) is 0.820. The number of aryl methyl sites for hydroxylation is 1. The van der Waals surface area contributed by atoms with Crippen LogP contribution in [-0.4, -0.2) is 28.5 Å². The SMILES string of the molecule is CCn1cc(Br)cc1C(=O)N1CCC(C)C1. The number of amides is 1. The van der Waals surface area contributed by atoms with Gasteiger partial charge >= 0.3 is 0 Å². The maximum absolute atomic E-state index is 12.3. The van der Waals surface area contributed by atoms with E-state index in [1.807, 2.05) is 21.7 Å². The zero-order chi connectivity index (χ0) is 11.7. The molecule has 1 aromatic rings. The van der Waals surface area contributed by atoms with Crippen molar-refractivity contribution in [2.75, 3.05) is 13.1 Å². The van der Waals surface area contributed by atoms with E-state index in [0.29, 0.717) is 5.92 Å². The summed E-state index contributed by atoms with van der Waals surface area (Å²) in [6.45, 7) is 6.87. The Morgan fingerprint density at radius 3 is 2.94 bits per heavy atom. The van der Waals surface area contributed by atoms with Gasteiger partial charge in [-0.3, -0.25) is 4.79 Å². The lowest BCUT2D eigenvalue weighted by molar-refractivity contribution is 0.0777. The van der Waals surface area contributed by atoms with Crippen molar-refractivity contribution in [3.8, 4) is 0 Å². The van der Waals surface area contributed by atoms with Crippen molar-refractivity contribution in [3.63, 3.8) is 0 Å². The molecule has 0 N–H and O–H groups in total. The van der Waals surface area contributed by atoms with E-state index >= 15 is 0 Å². The molecule has 1 fully saturated rings. The first-order valence-electron chi connectivity index (χ1n) is 5.76. The van der Waals surface area contributed by atoms with Gasteiger partial charge < -0.3 is 9.47 Å². The number of likely N-dealkylation sites (tertiary alicyclic amines) is 1. The van der Waals surface area contributed by atoms with Gasteiger partial charge in [-0.05, 0) is 41.3 Å². The fourth-order valence-corrected chi connectivity index (χ4v) is 2.66. The molecule has 1 aliphatic rings. The van der Waals surface area contributed by atoms with Crippen molar-refractivity contribution in [1.29, 1.82) is 0 Å². The summed E-state index contributed by atoms with van der Waals surface area (Å²) in [5.41, 5.74) is 0.795. The highest BCUT2D eigenvalue weighted by Gasteiger charge is 2.25. The summed E-state index contributed by atoms with van der Waals surface area (Å²) in [6, 6.07) is 1.91. The molecule has 1 amide bonds. The van der Waals surface area contributed by atoms with E-state index in [0.717, 1.165) is 36.2 Å². The zero-order valence-corrected chi connectivity index (χ0v) is 11.3. The maximum Gasteiger partial charge on any atom is 0.270 e. The molecule has 1 aliphatic heterocycles. The van der Waals surface area contributed by atoms with Crippen molar-refractivity contribution in [2.24, 2.45) is 5.92 Å². The molecule has 4 heteroatoms. The number of halogens is 1. The molecule has 0 radical (unpaired) electrons. The van der Waals surface area contributed by atoms with Gasteiger partial charge in [0.05, 0.1) is 0 Å². The lowest BCUT2D eigenvalue weighted by Gasteiger charge is -2.16. The minimum atomic E-state index is 0.164.